The summed E-state index contributed by atoms with van der Waals surface area (Å²) >= 11 is 0. The average molecular weight is 303 g/mol. The number of urea groups is 1. The van der Waals surface area contributed by atoms with Gasteiger partial charge in [-0.15, -0.1) is 10.1 Å². The van der Waals surface area contributed by atoms with Crippen LogP contribution in [0, 0.1) is 0 Å². The first-order valence-corrected chi connectivity index (χ1v) is 7.04. The van der Waals surface area contributed by atoms with E-state index < -0.39 is 6.04 Å². The molecule has 22 heavy (non-hydrogen) atoms. The number of nitrogens with zero attached hydrogens (tertiary/aromatic N) is 6. The van der Waals surface area contributed by atoms with Crippen molar-refractivity contribution in [3.8, 4) is 0 Å². The fourth-order valence-corrected chi connectivity index (χ4v) is 2.84. The van der Waals surface area contributed by atoms with Crippen LogP contribution in [0.25, 0.3) is 0 Å². The summed E-state index contributed by atoms with van der Waals surface area (Å²) < 4.78 is 1.89. The second-order valence-electron chi connectivity index (χ2n) is 5.89. The van der Waals surface area contributed by atoms with Crippen molar-refractivity contribution in [2.75, 3.05) is 27.2 Å². The lowest BCUT2D eigenvalue weighted by molar-refractivity contribution is -0.527. The molecule has 8 heteroatoms. The van der Waals surface area contributed by atoms with Gasteiger partial charge >= 0.3 is 12.0 Å². The highest BCUT2D eigenvalue weighted by atomic mass is 16.2. The van der Waals surface area contributed by atoms with Crippen LogP contribution < -0.4 is 0 Å². The zero-order valence-corrected chi connectivity index (χ0v) is 13.2. The van der Waals surface area contributed by atoms with Gasteiger partial charge in [0.2, 0.25) is 11.9 Å². The Morgan fingerprint density at radius 1 is 1.36 bits per heavy atom. The van der Waals surface area contributed by atoms with Crippen LogP contribution in [0.3, 0.4) is 0 Å². The van der Waals surface area contributed by atoms with E-state index in [-0.39, 0.29) is 11.9 Å². The zero-order chi connectivity index (χ0) is 16.2. The number of aliphatic imine (C=N–C) groups is 1. The quantitative estimate of drug-likeness (QED) is 0.529. The summed E-state index contributed by atoms with van der Waals surface area (Å²) in [5.41, 5.74) is 1.82. The van der Waals surface area contributed by atoms with Gasteiger partial charge < -0.3 is 0 Å². The van der Waals surface area contributed by atoms with E-state index in [0.29, 0.717) is 24.9 Å². The van der Waals surface area contributed by atoms with Crippen molar-refractivity contribution in [3.63, 3.8) is 0 Å². The Kier molecular flexibility index (Phi) is 3.12. The molecule has 3 aliphatic rings. The van der Waals surface area contributed by atoms with Crippen LogP contribution in [-0.2, 0) is 4.79 Å². The Hall–Kier alpha value is -2.51. The smallest absolute Gasteiger partial charge is 0.270 e. The lowest BCUT2D eigenvalue weighted by Gasteiger charge is -2.32. The number of rotatable bonds is 2. The number of amides is 3. The fourth-order valence-electron chi connectivity index (χ4n) is 2.84. The maximum absolute atomic E-state index is 12.5. The normalized spacial score (nSPS) is 24.4. The summed E-state index contributed by atoms with van der Waals surface area (Å²) in [7, 11) is 3.12. The maximum atomic E-state index is 12.5. The number of hydrazone groups is 1. The molecule has 0 aromatic heterocycles. The van der Waals surface area contributed by atoms with Gasteiger partial charge in [-0.05, 0) is 19.4 Å². The third-order valence-corrected chi connectivity index (χ3v) is 3.85. The molecule has 1 unspecified atom stereocenters. The Morgan fingerprint density at radius 2 is 2.05 bits per heavy atom. The number of hydrogen-bond donors (Lipinski definition) is 0. The molecule has 8 nitrogen and oxygen atoms in total. The van der Waals surface area contributed by atoms with Gasteiger partial charge in [0.15, 0.2) is 0 Å². The lowest BCUT2D eigenvalue weighted by Crippen LogP contribution is -2.62. The third-order valence-electron chi connectivity index (χ3n) is 3.85. The summed E-state index contributed by atoms with van der Waals surface area (Å²) in [6, 6.07) is -0.940. The first-order valence-electron chi connectivity index (χ1n) is 7.04. The Balaban J connectivity index is 2.05. The van der Waals surface area contributed by atoms with Crippen molar-refractivity contribution >= 4 is 29.4 Å². The minimum Gasteiger partial charge on any atom is -0.270 e. The van der Waals surface area contributed by atoms with E-state index in [2.05, 4.69) is 16.7 Å². The molecule has 3 aliphatic heterocycles. The van der Waals surface area contributed by atoms with Crippen LogP contribution in [-0.4, -0.2) is 82.1 Å². The number of carbonyl (C=O) groups excluding carboxylic acids is 2. The molecule has 0 aliphatic carbocycles. The van der Waals surface area contributed by atoms with Crippen LogP contribution in [0.5, 0.6) is 0 Å². The van der Waals surface area contributed by atoms with Gasteiger partial charge in [0.25, 0.3) is 5.91 Å². The second kappa shape index (κ2) is 4.75. The van der Waals surface area contributed by atoms with Crippen LogP contribution in [0.2, 0.25) is 0 Å². The highest BCUT2D eigenvalue weighted by Crippen LogP contribution is 2.22. The number of amidine groups is 1. The van der Waals surface area contributed by atoms with E-state index in [0.717, 1.165) is 16.2 Å². The summed E-state index contributed by atoms with van der Waals surface area (Å²) in [6.45, 7) is 8.76. The van der Waals surface area contributed by atoms with Gasteiger partial charge in [-0.2, -0.15) is 0 Å². The number of likely N-dealkylation sites (N-methyl/N-ethyl adjacent to an activating group) is 2. The highest BCUT2D eigenvalue weighted by Gasteiger charge is 2.53. The monoisotopic (exact) mass is 303 g/mol. The summed E-state index contributed by atoms with van der Waals surface area (Å²) in [5.74, 6) is 0.790. The van der Waals surface area contributed by atoms with E-state index in [4.69, 9.17) is 0 Å². The van der Waals surface area contributed by atoms with Crippen molar-refractivity contribution in [2.45, 2.75) is 19.9 Å². The minimum atomic E-state index is -0.569. The van der Waals surface area contributed by atoms with Crippen molar-refractivity contribution in [2.24, 2.45) is 10.1 Å². The van der Waals surface area contributed by atoms with Crippen LogP contribution in [0.1, 0.15) is 13.8 Å². The Bertz CT molecular complexity index is 689. The van der Waals surface area contributed by atoms with Crippen molar-refractivity contribution in [1.29, 1.82) is 0 Å². The van der Waals surface area contributed by atoms with Gasteiger partial charge in [0.1, 0.15) is 13.1 Å². The first kappa shape index (κ1) is 14.4. The molecular formula is C14H19N6O2+. The zero-order valence-electron chi connectivity index (χ0n) is 13.2. The van der Waals surface area contributed by atoms with Crippen LogP contribution in [0.4, 0.5) is 4.79 Å². The van der Waals surface area contributed by atoms with Crippen LogP contribution in [0.15, 0.2) is 22.2 Å². The van der Waals surface area contributed by atoms with Crippen LogP contribution >= 0.6 is 0 Å². The van der Waals surface area contributed by atoms with E-state index >= 15 is 0 Å². The Morgan fingerprint density at radius 3 is 2.68 bits per heavy atom. The highest BCUT2D eigenvalue weighted by molar-refractivity contribution is 6.23. The van der Waals surface area contributed by atoms with E-state index in [1.165, 1.54) is 11.9 Å². The molecule has 0 aromatic carbocycles. The molecule has 0 N–H and O–H groups in total. The summed E-state index contributed by atoms with van der Waals surface area (Å²) in [6.07, 6.45) is 0. The molecule has 3 amide bonds. The molecule has 0 saturated carbocycles. The third kappa shape index (κ3) is 1.94. The number of fused-ring (bicyclic) bond motifs is 2. The molecule has 3 rings (SSSR count). The van der Waals surface area contributed by atoms with Crippen molar-refractivity contribution in [1.82, 2.24) is 14.8 Å². The maximum Gasteiger partial charge on any atom is 0.417 e. The van der Waals surface area contributed by atoms with Crippen molar-refractivity contribution < 1.29 is 14.2 Å². The number of guanidine groups is 1. The van der Waals surface area contributed by atoms with Gasteiger partial charge in [-0.3, -0.25) is 14.6 Å². The topological polar surface area (TPSA) is 71.6 Å². The van der Waals surface area contributed by atoms with E-state index in [1.807, 2.05) is 18.4 Å². The molecule has 0 bridgehead atoms. The van der Waals surface area contributed by atoms with Gasteiger partial charge in [-0.1, -0.05) is 11.6 Å². The van der Waals surface area contributed by atoms with Gasteiger partial charge in [-0.25, -0.2) is 9.37 Å². The summed E-state index contributed by atoms with van der Waals surface area (Å²) in [5, 5.41) is 6.22. The van der Waals surface area contributed by atoms with Crippen molar-refractivity contribution in [3.05, 3.63) is 12.2 Å². The molecule has 0 radical (unpaired) electrons. The van der Waals surface area contributed by atoms with E-state index in [1.54, 1.807) is 12.1 Å². The predicted octanol–water partition coefficient (Wildman–Crippen LogP) is -0.0730. The number of imide groups is 1. The number of carbonyl (C=O) groups is 2. The molecular weight excluding hydrogens is 284 g/mol. The molecule has 3 heterocycles. The lowest BCUT2D eigenvalue weighted by atomic mass is 10.1. The van der Waals surface area contributed by atoms with E-state index in [9.17, 15) is 9.59 Å². The molecule has 1 fully saturated rings. The first-order chi connectivity index (χ1) is 10.3. The molecule has 0 spiro atoms. The predicted molar refractivity (Wildman–Crippen MR) is 81.9 cm³/mol. The molecule has 0 aromatic rings. The molecule has 1 atom stereocenters. The number of hydrogen-bond acceptors (Lipinski definition) is 5. The van der Waals surface area contributed by atoms with Gasteiger partial charge in [0.05, 0.1) is 5.71 Å². The standard InChI is InChI=1S/C14H19N6O2/c1-8(2)6-20-13-15-11-10(19(13)7-9(3)16-20)12(21)18(5)14(22)17(11)4/h10H,1,6-7H2,2-5H3/q+1. The average Bonchev–Trinajstić information content (AvgIpc) is 2.81. The molecule has 1 saturated heterocycles. The SMILES string of the molecule is C=C(C)CN1N=C(C)C[N+]2=C1N=C1C2C(=O)N(C)C(=O)N1C. The second-order valence-corrected chi connectivity index (χ2v) is 5.89. The summed E-state index contributed by atoms with van der Waals surface area (Å²) in [4.78, 5) is 31.7. The molecule has 116 valence electrons. The minimum absolute atomic E-state index is 0.262. The fraction of sp³-hybridized carbons (Fsp3) is 0.500. The largest absolute Gasteiger partial charge is 0.417 e. The Labute approximate surface area is 128 Å². The van der Waals surface area contributed by atoms with Gasteiger partial charge in [0, 0.05) is 14.1 Å².